The first-order valence-electron chi connectivity index (χ1n) is 6.78. The fourth-order valence-electron chi connectivity index (χ4n) is 1.87. The van der Waals surface area contributed by atoms with Crippen LogP contribution in [0.2, 0.25) is 5.15 Å². The minimum absolute atomic E-state index is 0.0188. The number of ether oxygens (including phenoxy) is 2. The molecule has 0 bridgehead atoms. The largest absolute Gasteiger partial charge is 0.496 e. The lowest BCUT2D eigenvalue weighted by Crippen LogP contribution is -2.22. The maximum Gasteiger partial charge on any atom is 0.310 e. The molecule has 1 aromatic carbocycles. The number of amides is 1. The summed E-state index contributed by atoms with van der Waals surface area (Å²) in [5, 5.41) is 2.68. The molecule has 1 aromatic heterocycles. The first-order valence-corrected chi connectivity index (χ1v) is 7.16. The van der Waals surface area contributed by atoms with Crippen molar-refractivity contribution in [2.24, 2.45) is 0 Å². The first kappa shape index (κ1) is 16.8. The number of para-hydroxylation sites is 1. The number of carbonyl (C=O) groups is 2. The Morgan fingerprint density at radius 3 is 2.74 bits per heavy atom. The average Bonchev–Trinajstić information content (AvgIpc) is 2.55. The van der Waals surface area contributed by atoms with Crippen LogP contribution in [0, 0.1) is 0 Å². The third kappa shape index (κ3) is 4.96. The molecule has 2 aromatic rings. The lowest BCUT2D eigenvalue weighted by Gasteiger charge is -2.09. The summed E-state index contributed by atoms with van der Waals surface area (Å²) in [6, 6.07) is 10.3. The van der Waals surface area contributed by atoms with Crippen molar-refractivity contribution in [2.45, 2.75) is 6.42 Å². The molecule has 0 atom stereocenters. The van der Waals surface area contributed by atoms with Gasteiger partial charge in [-0.25, -0.2) is 4.98 Å². The summed E-state index contributed by atoms with van der Waals surface area (Å²) in [5.74, 6) is -0.425. The number of carbonyl (C=O) groups excluding carboxylic acids is 2. The van der Waals surface area contributed by atoms with Crippen LogP contribution in [-0.4, -0.2) is 30.6 Å². The molecule has 0 unspecified atom stereocenters. The zero-order valence-electron chi connectivity index (χ0n) is 12.4. The Morgan fingerprint density at radius 2 is 2.00 bits per heavy atom. The second kappa shape index (κ2) is 8.14. The predicted molar refractivity (Wildman–Crippen MR) is 85.5 cm³/mol. The molecule has 1 amide bonds. The molecular weight excluding hydrogens is 320 g/mol. The first-order chi connectivity index (χ1) is 11.1. The Balaban J connectivity index is 1.84. The number of benzene rings is 1. The van der Waals surface area contributed by atoms with Crippen molar-refractivity contribution in [3.63, 3.8) is 0 Å². The standard InChI is InChI=1S/C16H15ClN2O4/c1-22-13-7-3-2-5-11(13)9-15(21)23-10-14(20)19-12-6-4-8-18-16(12)17/h2-8H,9-10H2,1H3,(H,19,20). The van der Waals surface area contributed by atoms with E-state index in [0.717, 1.165) is 0 Å². The third-order valence-corrected chi connectivity index (χ3v) is 3.23. The molecule has 7 heteroatoms. The molecule has 0 aliphatic rings. The maximum atomic E-state index is 11.8. The summed E-state index contributed by atoms with van der Waals surface area (Å²) >= 11 is 5.82. The van der Waals surface area contributed by atoms with E-state index in [1.165, 1.54) is 13.3 Å². The topological polar surface area (TPSA) is 77.5 Å². The number of anilines is 1. The van der Waals surface area contributed by atoms with E-state index in [2.05, 4.69) is 10.3 Å². The molecule has 0 radical (unpaired) electrons. The quantitative estimate of drug-likeness (QED) is 0.648. The number of aromatic nitrogens is 1. The van der Waals surface area contributed by atoms with E-state index >= 15 is 0 Å². The summed E-state index contributed by atoms with van der Waals surface area (Å²) in [5.41, 5.74) is 1.05. The molecule has 0 saturated carbocycles. The van der Waals surface area contributed by atoms with E-state index in [1.807, 2.05) is 0 Å². The number of esters is 1. The van der Waals surface area contributed by atoms with Gasteiger partial charge in [-0.2, -0.15) is 0 Å². The number of hydrogen-bond donors (Lipinski definition) is 1. The Bertz CT molecular complexity index is 706. The number of nitrogens with one attached hydrogen (secondary N) is 1. The van der Waals surface area contributed by atoms with Crippen LogP contribution in [-0.2, 0) is 20.7 Å². The van der Waals surface area contributed by atoms with Crippen molar-refractivity contribution in [1.82, 2.24) is 4.98 Å². The Kier molecular flexibility index (Phi) is 5.94. The molecule has 120 valence electrons. The monoisotopic (exact) mass is 334 g/mol. The molecule has 6 nitrogen and oxygen atoms in total. The average molecular weight is 335 g/mol. The highest BCUT2D eigenvalue weighted by Crippen LogP contribution is 2.18. The van der Waals surface area contributed by atoms with E-state index in [0.29, 0.717) is 17.0 Å². The molecular formula is C16H15ClN2O4. The van der Waals surface area contributed by atoms with Crippen LogP contribution in [0.25, 0.3) is 0 Å². The van der Waals surface area contributed by atoms with E-state index < -0.39 is 18.5 Å². The molecule has 2 rings (SSSR count). The van der Waals surface area contributed by atoms with E-state index in [1.54, 1.807) is 36.4 Å². The highest BCUT2D eigenvalue weighted by molar-refractivity contribution is 6.32. The van der Waals surface area contributed by atoms with Gasteiger partial charge in [0.1, 0.15) is 5.75 Å². The normalized spacial score (nSPS) is 10.0. The SMILES string of the molecule is COc1ccccc1CC(=O)OCC(=O)Nc1cccnc1Cl. The highest BCUT2D eigenvalue weighted by atomic mass is 35.5. The maximum absolute atomic E-state index is 11.8. The van der Waals surface area contributed by atoms with Gasteiger partial charge >= 0.3 is 5.97 Å². The zero-order chi connectivity index (χ0) is 16.7. The summed E-state index contributed by atoms with van der Waals surface area (Å²) in [6.45, 7) is -0.404. The van der Waals surface area contributed by atoms with Gasteiger partial charge < -0.3 is 14.8 Å². The number of halogens is 1. The predicted octanol–water partition coefficient (Wildman–Crippen LogP) is 2.47. The van der Waals surface area contributed by atoms with Crippen molar-refractivity contribution in [3.05, 3.63) is 53.3 Å². The smallest absolute Gasteiger partial charge is 0.310 e. The van der Waals surface area contributed by atoms with Crippen LogP contribution in [0.1, 0.15) is 5.56 Å². The van der Waals surface area contributed by atoms with Crippen LogP contribution < -0.4 is 10.1 Å². The molecule has 0 aliphatic heterocycles. The molecule has 0 fully saturated rings. The summed E-state index contributed by atoms with van der Waals surface area (Å²) in [4.78, 5) is 27.4. The van der Waals surface area contributed by atoms with Gasteiger partial charge in [0.05, 0.1) is 19.2 Å². The molecule has 0 spiro atoms. The van der Waals surface area contributed by atoms with Crippen LogP contribution in [0.3, 0.4) is 0 Å². The Labute approximate surface area is 138 Å². The van der Waals surface area contributed by atoms with Gasteiger partial charge in [-0.05, 0) is 18.2 Å². The van der Waals surface area contributed by atoms with Gasteiger partial charge in [-0.15, -0.1) is 0 Å². The van der Waals surface area contributed by atoms with Gasteiger partial charge in [-0.3, -0.25) is 9.59 Å². The number of nitrogens with zero attached hydrogens (tertiary/aromatic N) is 1. The second-order valence-corrected chi connectivity index (χ2v) is 4.90. The van der Waals surface area contributed by atoms with Crippen molar-refractivity contribution >= 4 is 29.2 Å². The van der Waals surface area contributed by atoms with Crippen molar-refractivity contribution in [2.75, 3.05) is 19.0 Å². The van der Waals surface area contributed by atoms with E-state index in [-0.39, 0.29) is 11.6 Å². The lowest BCUT2D eigenvalue weighted by atomic mass is 10.1. The van der Waals surface area contributed by atoms with Gasteiger partial charge in [0.25, 0.3) is 5.91 Å². The second-order valence-electron chi connectivity index (χ2n) is 4.54. The van der Waals surface area contributed by atoms with E-state index in [4.69, 9.17) is 21.1 Å². The summed E-state index contributed by atoms with van der Waals surface area (Å²) < 4.78 is 10.1. The summed E-state index contributed by atoms with van der Waals surface area (Å²) in [7, 11) is 1.52. The minimum atomic E-state index is -0.526. The van der Waals surface area contributed by atoms with Gasteiger partial charge in [0, 0.05) is 11.8 Å². The van der Waals surface area contributed by atoms with Crippen molar-refractivity contribution in [3.8, 4) is 5.75 Å². The van der Waals surface area contributed by atoms with Crippen LogP contribution in [0.15, 0.2) is 42.6 Å². The molecule has 1 N–H and O–H groups in total. The zero-order valence-corrected chi connectivity index (χ0v) is 13.2. The van der Waals surface area contributed by atoms with Gasteiger partial charge in [-0.1, -0.05) is 29.8 Å². The number of pyridine rings is 1. The molecule has 0 aliphatic carbocycles. The number of methoxy groups -OCH3 is 1. The van der Waals surface area contributed by atoms with Crippen LogP contribution in [0.4, 0.5) is 5.69 Å². The fourth-order valence-corrected chi connectivity index (χ4v) is 2.03. The number of rotatable bonds is 6. The Morgan fingerprint density at radius 1 is 1.22 bits per heavy atom. The van der Waals surface area contributed by atoms with Gasteiger partial charge in [0.2, 0.25) is 0 Å². The third-order valence-electron chi connectivity index (χ3n) is 2.92. The lowest BCUT2D eigenvalue weighted by molar-refractivity contribution is -0.146. The van der Waals surface area contributed by atoms with Crippen LogP contribution >= 0.6 is 11.6 Å². The molecule has 0 saturated heterocycles. The molecule has 1 heterocycles. The van der Waals surface area contributed by atoms with Crippen molar-refractivity contribution in [1.29, 1.82) is 0 Å². The van der Waals surface area contributed by atoms with E-state index in [9.17, 15) is 9.59 Å². The van der Waals surface area contributed by atoms with Gasteiger partial charge in [0.15, 0.2) is 11.8 Å². The molecule has 23 heavy (non-hydrogen) atoms. The minimum Gasteiger partial charge on any atom is -0.496 e. The number of hydrogen-bond acceptors (Lipinski definition) is 5. The van der Waals surface area contributed by atoms with Crippen molar-refractivity contribution < 1.29 is 19.1 Å². The summed E-state index contributed by atoms with van der Waals surface area (Å²) in [6.07, 6.45) is 1.52. The van der Waals surface area contributed by atoms with Crippen LogP contribution in [0.5, 0.6) is 5.75 Å². The Hall–Kier alpha value is -2.60. The fraction of sp³-hybridized carbons (Fsp3) is 0.188. The highest BCUT2D eigenvalue weighted by Gasteiger charge is 2.12.